The second kappa shape index (κ2) is 12.1. The first-order valence-corrected chi connectivity index (χ1v) is 15.4. The van der Waals surface area contributed by atoms with E-state index in [9.17, 15) is 19.5 Å². The number of hydrogen-bond donors (Lipinski definition) is 1. The number of aliphatic hydroxyl groups excluding tert-OH is 1. The maximum atomic E-state index is 14.6. The van der Waals surface area contributed by atoms with Crippen LogP contribution < -0.4 is 9.64 Å². The third-order valence-corrected chi connectivity index (χ3v) is 9.45. The Bertz CT molecular complexity index is 1240. The Hall–Kier alpha value is -3.17. The lowest BCUT2D eigenvalue weighted by Crippen LogP contribution is -2.62. The molecule has 3 amide bonds. The van der Waals surface area contributed by atoms with Crippen molar-refractivity contribution in [2.75, 3.05) is 31.2 Å². The van der Waals surface area contributed by atoms with Gasteiger partial charge in [0.1, 0.15) is 17.4 Å². The first-order valence-electron chi connectivity index (χ1n) is 15.4. The van der Waals surface area contributed by atoms with Crippen molar-refractivity contribution >= 4 is 23.4 Å². The van der Waals surface area contributed by atoms with Crippen LogP contribution in [0.1, 0.15) is 61.3 Å². The standard InChI is InChI=1S/C34H49N3O6/c1-10-19-35(23-13-15-24(16-14-23)42-12-3)29(39)26-27-30(40)37(25(21-38)22(4)5)28(34(27)18-17-33(26,9)43-34)31(41)36(20-11-2)32(6,7)8/h10-11,13-16,22,25-28,38H,1-2,12,17-21H2,3-9H3/t25-,26-,27-,28?,33+,34?/m0/s1. The van der Waals surface area contributed by atoms with Gasteiger partial charge in [0.05, 0.1) is 36.7 Å². The van der Waals surface area contributed by atoms with Crippen LogP contribution in [-0.4, -0.2) is 87.8 Å². The molecule has 0 saturated carbocycles. The molecular weight excluding hydrogens is 546 g/mol. The number of anilines is 1. The highest BCUT2D eigenvalue weighted by Gasteiger charge is 2.79. The number of hydrogen-bond acceptors (Lipinski definition) is 6. The number of ether oxygens (including phenoxy) is 2. The Labute approximate surface area is 256 Å². The molecule has 0 radical (unpaired) electrons. The van der Waals surface area contributed by atoms with Gasteiger partial charge in [-0.2, -0.15) is 0 Å². The first kappa shape index (κ1) is 32.7. The fourth-order valence-corrected chi connectivity index (χ4v) is 7.48. The number of amides is 3. The van der Waals surface area contributed by atoms with E-state index in [4.69, 9.17) is 9.47 Å². The molecule has 1 aromatic carbocycles. The lowest BCUT2D eigenvalue weighted by atomic mass is 9.66. The number of aliphatic hydroxyl groups is 1. The molecule has 6 atom stereocenters. The second-order valence-electron chi connectivity index (χ2n) is 13.5. The fourth-order valence-electron chi connectivity index (χ4n) is 7.48. The number of fused-ring (bicyclic) bond motifs is 1. The Morgan fingerprint density at radius 2 is 1.77 bits per heavy atom. The maximum absolute atomic E-state index is 14.6. The lowest BCUT2D eigenvalue weighted by Gasteiger charge is -2.44. The average Bonchev–Trinajstić information content (AvgIpc) is 3.51. The third-order valence-electron chi connectivity index (χ3n) is 9.45. The number of nitrogens with zero attached hydrogens (tertiary/aromatic N) is 3. The highest BCUT2D eigenvalue weighted by molar-refractivity contribution is 6.03. The van der Waals surface area contributed by atoms with E-state index in [2.05, 4.69) is 13.2 Å². The van der Waals surface area contributed by atoms with Crippen LogP contribution in [0.3, 0.4) is 0 Å². The van der Waals surface area contributed by atoms with Crippen LogP contribution in [0.2, 0.25) is 0 Å². The topological polar surface area (TPSA) is 99.6 Å². The minimum Gasteiger partial charge on any atom is -0.494 e. The summed E-state index contributed by atoms with van der Waals surface area (Å²) < 4.78 is 12.4. The molecule has 2 unspecified atom stereocenters. The van der Waals surface area contributed by atoms with E-state index in [1.807, 2.05) is 72.7 Å². The van der Waals surface area contributed by atoms with Gasteiger partial charge in [0.2, 0.25) is 17.7 Å². The minimum absolute atomic E-state index is 0.134. The zero-order chi connectivity index (χ0) is 31.9. The van der Waals surface area contributed by atoms with E-state index in [0.29, 0.717) is 30.9 Å². The minimum atomic E-state index is -1.20. The molecule has 3 heterocycles. The molecule has 1 spiro atoms. The van der Waals surface area contributed by atoms with Gasteiger partial charge in [-0.3, -0.25) is 14.4 Å². The van der Waals surface area contributed by atoms with Crippen molar-refractivity contribution in [3.8, 4) is 5.75 Å². The van der Waals surface area contributed by atoms with Crippen molar-refractivity contribution in [3.63, 3.8) is 0 Å². The van der Waals surface area contributed by atoms with Crippen molar-refractivity contribution in [1.82, 2.24) is 9.80 Å². The number of carbonyl (C=O) groups is 3. The predicted molar refractivity (Wildman–Crippen MR) is 167 cm³/mol. The highest BCUT2D eigenvalue weighted by atomic mass is 16.5. The van der Waals surface area contributed by atoms with Gasteiger partial charge in [0.15, 0.2) is 0 Å². The summed E-state index contributed by atoms with van der Waals surface area (Å²) in [5, 5.41) is 10.5. The molecule has 3 fully saturated rings. The summed E-state index contributed by atoms with van der Waals surface area (Å²) in [4.78, 5) is 48.8. The number of likely N-dealkylation sites (tertiary alicyclic amines) is 1. The molecule has 3 aliphatic rings. The Morgan fingerprint density at radius 1 is 1.14 bits per heavy atom. The summed E-state index contributed by atoms with van der Waals surface area (Å²) in [7, 11) is 0. The molecule has 2 bridgehead atoms. The van der Waals surface area contributed by atoms with Gasteiger partial charge >= 0.3 is 0 Å². The largest absolute Gasteiger partial charge is 0.494 e. The Morgan fingerprint density at radius 3 is 2.28 bits per heavy atom. The molecule has 1 N–H and O–H groups in total. The van der Waals surface area contributed by atoms with Crippen molar-refractivity contribution < 1.29 is 29.0 Å². The molecule has 9 nitrogen and oxygen atoms in total. The summed E-state index contributed by atoms with van der Waals surface area (Å²) in [6, 6.07) is 5.68. The van der Waals surface area contributed by atoms with E-state index in [1.54, 1.807) is 26.9 Å². The van der Waals surface area contributed by atoms with Gasteiger partial charge in [-0.15, -0.1) is 13.2 Å². The maximum Gasteiger partial charge on any atom is 0.249 e. The molecule has 236 valence electrons. The average molecular weight is 596 g/mol. The van der Waals surface area contributed by atoms with Crippen molar-refractivity contribution in [1.29, 1.82) is 0 Å². The van der Waals surface area contributed by atoms with Crippen LogP contribution in [0.4, 0.5) is 5.69 Å². The molecule has 0 aromatic heterocycles. The van der Waals surface area contributed by atoms with E-state index in [1.165, 1.54) is 0 Å². The Kier molecular flexibility index (Phi) is 9.20. The zero-order valence-electron chi connectivity index (χ0n) is 26.8. The number of rotatable bonds is 12. The monoisotopic (exact) mass is 595 g/mol. The van der Waals surface area contributed by atoms with Crippen LogP contribution in [0.25, 0.3) is 0 Å². The number of benzene rings is 1. The molecule has 43 heavy (non-hydrogen) atoms. The van der Waals surface area contributed by atoms with E-state index in [-0.39, 0.29) is 43.3 Å². The fraction of sp³-hybridized carbons (Fsp3) is 0.618. The quantitative estimate of drug-likeness (QED) is 0.364. The van der Waals surface area contributed by atoms with Crippen LogP contribution in [0, 0.1) is 17.8 Å². The van der Waals surface area contributed by atoms with E-state index < -0.39 is 40.7 Å². The van der Waals surface area contributed by atoms with E-state index in [0.717, 1.165) is 0 Å². The van der Waals surface area contributed by atoms with Gasteiger partial charge in [0.25, 0.3) is 0 Å². The first-order chi connectivity index (χ1) is 20.2. The van der Waals surface area contributed by atoms with Crippen LogP contribution >= 0.6 is 0 Å². The lowest BCUT2D eigenvalue weighted by molar-refractivity contribution is -0.158. The number of carbonyl (C=O) groups excluding carboxylic acids is 3. The molecular formula is C34H49N3O6. The summed E-state index contributed by atoms with van der Waals surface area (Å²) in [5.74, 6) is -1.95. The van der Waals surface area contributed by atoms with Crippen LogP contribution in [-0.2, 0) is 19.1 Å². The van der Waals surface area contributed by atoms with Crippen molar-refractivity contribution in [3.05, 3.63) is 49.6 Å². The SMILES string of the molecule is C=CCN(C(=O)[C@@H]1[C@H]2C(=O)N([C@@H](CO)C(C)C)C(C(=O)N(CC=C)C(C)(C)C)C23CC[C@@]1(C)O3)c1ccc(OCC)cc1. The molecule has 9 heteroatoms. The van der Waals surface area contributed by atoms with Crippen molar-refractivity contribution in [2.24, 2.45) is 17.8 Å². The third kappa shape index (κ3) is 5.39. The second-order valence-corrected chi connectivity index (χ2v) is 13.5. The zero-order valence-corrected chi connectivity index (χ0v) is 26.8. The highest BCUT2D eigenvalue weighted by Crippen LogP contribution is 2.64. The Balaban J connectivity index is 1.84. The van der Waals surface area contributed by atoms with Crippen LogP contribution in [0.15, 0.2) is 49.6 Å². The van der Waals surface area contributed by atoms with Gasteiger partial charge in [-0.05, 0) is 77.6 Å². The molecule has 3 aliphatic heterocycles. The smallest absolute Gasteiger partial charge is 0.249 e. The van der Waals surface area contributed by atoms with Gasteiger partial charge in [0, 0.05) is 24.3 Å². The van der Waals surface area contributed by atoms with E-state index >= 15 is 0 Å². The van der Waals surface area contributed by atoms with Gasteiger partial charge < -0.3 is 29.3 Å². The van der Waals surface area contributed by atoms with Crippen molar-refractivity contribution in [2.45, 2.75) is 90.1 Å². The summed E-state index contributed by atoms with van der Waals surface area (Å²) in [6.45, 7) is 22.0. The molecule has 3 saturated heterocycles. The normalized spacial score (nSPS) is 28.5. The summed E-state index contributed by atoms with van der Waals surface area (Å²) >= 11 is 0. The van der Waals surface area contributed by atoms with Crippen LogP contribution in [0.5, 0.6) is 5.75 Å². The molecule has 4 rings (SSSR count). The van der Waals surface area contributed by atoms with Gasteiger partial charge in [-0.25, -0.2) is 0 Å². The predicted octanol–water partition coefficient (Wildman–Crippen LogP) is 4.20. The van der Waals surface area contributed by atoms with Gasteiger partial charge in [-0.1, -0.05) is 26.0 Å². The summed E-state index contributed by atoms with van der Waals surface area (Å²) in [6.07, 6.45) is 4.32. The molecule has 0 aliphatic carbocycles. The molecule has 1 aromatic rings. The summed E-state index contributed by atoms with van der Waals surface area (Å²) in [5.41, 5.74) is -2.05.